The van der Waals surface area contributed by atoms with E-state index in [4.69, 9.17) is 9.47 Å². The third kappa shape index (κ3) is 7.03. The quantitative estimate of drug-likeness (QED) is 0.545. The van der Waals surface area contributed by atoms with Crippen molar-refractivity contribution in [3.63, 3.8) is 0 Å². The van der Waals surface area contributed by atoms with Gasteiger partial charge in [0, 0.05) is 19.6 Å². The van der Waals surface area contributed by atoms with Crippen molar-refractivity contribution in [1.29, 1.82) is 0 Å². The van der Waals surface area contributed by atoms with Gasteiger partial charge in [0.1, 0.15) is 0 Å². The summed E-state index contributed by atoms with van der Waals surface area (Å²) in [6, 6.07) is 0. The lowest BCUT2D eigenvalue weighted by Gasteiger charge is -2.19. The lowest BCUT2D eigenvalue weighted by molar-refractivity contribution is 0.0377. The predicted molar refractivity (Wildman–Crippen MR) is 55.9 cm³/mol. The average molecular weight is 188 g/mol. The molecule has 0 aliphatic carbocycles. The second kappa shape index (κ2) is 8.52. The highest BCUT2D eigenvalue weighted by Crippen LogP contribution is 2.11. The van der Waals surface area contributed by atoms with E-state index in [0.717, 1.165) is 26.2 Å². The van der Waals surface area contributed by atoms with Crippen molar-refractivity contribution in [3.05, 3.63) is 0 Å². The molecule has 0 aromatic carbocycles. The highest BCUT2D eigenvalue weighted by atomic mass is 16.5. The summed E-state index contributed by atoms with van der Waals surface area (Å²) in [4.78, 5) is 0. The van der Waals surface area contributed by atoms with Crippen LogP contribution in [0.25, 0.3) is 0 Å². The van der Waals surface area contributed by atoms with E-state index in [9.17, 15) is 0 Å². The van der Waals surface area contributed by atoms with E-state index in [1.807, 2.05) is 0 Å². The van der Waals surface area contributed by atoms with Crippen LogP contribution < -0.4 is 0 Å². The van der Waals surface area contributed by atoms with Crippen LogP contribution in [0.3, 0.4) is 0 Å². The van der Waals surface area contributed by atoms with E-state index in [2.05, 4.69) is 20.8 Å². The minimum absolute atomic E-state index is 0.543. The molecule has 0 bridgehead atoms. The molecule has 0 N–H and O–H groups in total. The third-order valence-electron chi connectivity index (χ3n) is 2.30. The van der Waals surface area contributed by atoms with Gasteiger partial charge in [-0.3, -0.25) is 0 Å². The molecule has 0 saturated heterocycles. The molecule has 0 rings (SSSR count). The Morgan fingerprint density at radius 2 is 1.85 bits per heavy atom. The summed E-state index contributed by atoms with van der Waals surface area (Å²) in [6.45, 7) is 9.15. The standard InChI is InChI=1S/C11H24O2/c1-5-6-7-13-9-11(8-12-4)10(2)3/h10-11H,5-9H2,1-4H3/t11-/m1/s1. The van der Waals surface area contributed by atoms with E-state index in [1.54, 1.807) is 7.11 Å². The molecule has 0 heterocycles. The van der Waals surface area contributed by atoms with Gasteiger partial charge in [0.2, 0.25) is 0 Å². The lowest BCUT2D eigenvalue weighted by Crippen LogP contribution is -2.21. The molecule has 80 valence electrons. The molecule has 1 atom stereocenters. The number of unbranched alkanes of at least 4 members (excludes halogenated alkanes) is 1. The SMILES string of the molecule is CCCCOC[C@@H](COC)C(C)C. The van der Waals surface area contributed by atoms with Crippen molar-refractivity contribution < 1.29 is 9.47 Å². The zero-order chi connectivity index (χ0) is 10.1. The van der Waals surface area contributed by atoms with Gasteiger partial charge in [0.15, 0.2) is 0 Å². The minimum Gasteiger partial charge on any atom is -0.384 e. The highest BCUT2D eigenvalue weighted by molar-refractivity contribution is 4.60. The summed E-state index contributed by atoms with van der Waals surface area (Å²) in [7, 11) is 1.75. The first-order chi connectivity index (χ1) is 6.22. The van der Waals surface area contributed by atoms with Crippen LogP contribution in [0.15, 0.2) is 0 Å². The van der Waals surface area contributed by atoms with Crippen molar-refractivity contribution in [1.82, 2.24) is 0 Å². The summed E-state index contributed by atoms with van der Waals surface area (Å²) < 4.78 is 10.7. The maximum Gasteiger partial charge on any atom is 0.0518 e. The Kier molecular flexibility index (Phi) is 8.46. The number of ether oxygens (including phenoxy) is 2. The van der Waals surface area contributed by atoms with Crippen LogP contribution in [0.5, 0.6) is 0 Å². The van der Waals surface area contributed by atoms with Gasteiger partial charge in [-0.15, -0.1) is 0 Å². The average Bonchev–Trinajstić information content (AvgIpc) is 2.10. The molecule has 0 fully saturated rings. The van der Waals surface area contributed by atoms with E-state index < -0.39 is 0 Å². The van der Waals surface area contributed by atoms with Crippen molar-refractivity contribution in [2.24, 2.45) is 11.8 Å². The van der Waals surface area contributed by atoms with Crippen LogP contribution in [0, 0.1) is 11.8 Å². The Morgan fingerprint density at radius 3 is 2.31 bits per heavy atom. The Labute approximate surface area is 82.6 Å². The summed E-state index contributed by atoms with van der Waals surface area (Å²) in [6.07, 6.45) is 2.37. The first-order valence-corrected chi connectivity index (χ1v) is 5.29. The molecule has 0 unspecified atom stereocenters. The Hall–Kier alpha value is -0.0800. The van der Waals surface area contributed by atoms with Gasteiger partial charge >= 0.3 is 0 Å². The molecule has 0 aliphatic heterocycles. The fourth-order valence-electron chi connectivity index (χ4n) is 1.13. The highest BCUT2D eigenvalue weighted by Gasteiger charge is 2.12. The van der Waals surface area contributed by atoms with Gasteiger partial charge in [0.25, 0.3) is 0 Å². The smallest absolute Gasteiger partial charge is 0.0518 e. The molecule has 0 amide bonds. The largest absolute Gasteiger partial charge is 0.384 e. The molecule has 0 spiro atoms. The van der Waals surface area contributed by atoms with Crippen LogP contribution in [-0.2, 0) is 9.47 Å². The number of hydrogen-bond acceptors (Lipinski definition) is 2. The molecule has 0 radical (unpaired) electrons. The molecule has 2 nitrogen and oxygen atoms in total. The second-order valence-corrected chi connectivity index (χ2v) is 3.89. The summed E-state index contributed by atoms with van der Waals surface area (Å²) in [5.41, 5.74) is 0. The van der Waals surface area contributed by atoms with Crippen LogP contribution in [0.4, 0.5) is 0 Å². The molecule has 0 aliphatic rings. The molecule has 0 saturated carbocycles. The van der Waals surface area contributed by atoms with E-state index in [0.29, 0.717) is 11.8 Å². The first-order valence-electron chi connectivity index (χ1n) is 5.29. The van der Waals surface area contributed by atoms with Crippen LogP contribution in [0.2, 0.25) is 0 Å². The first kappa shape index (κ1) is 12.9. The topological polar surface area (TPSA) is 18.5 Å². The Bertz CT molecular complexity index is 102. The summed E-state index contributed by atoms with van der Waals surface area (Å²) >= 11 is 0. The molecule has 0 aromatic rings. The van der Waals surface area contributed by atoms with Gasteiger partial charge in [-0.1, -0.05) is 27.2 Å². The fourth-order valence-corrected chi connectivity index (χ4v) is 1.13. The number of rotatable bonds is 8. The minimum atomic E-state index is 0.543. The predicted octanol–water partition coefficient (Wildman–Crippen LogP) is 2.72. The maximum absolute atomic E-state index is 5.57. The van der Waals surface area contributed by atoms with Crippen molar-refractivity contribution in [2.75, 3.05) is 26.9 Å². The zero-order valence-corrected chi connectivity index (χ0v) is 9.51. The maximum atomic E-state index is 5.57. The van der Waals surface area contributed by atoms with E-state index in [-0.39, 0.29) is 0 Å². The molecule has 13 heavy (non-hydrogen) atoms. The van der Waals surface area contributed by atoms with Crippen LogP contribution >= 0.6 is 0 Å². The van der Waals surface area contributed by atoms with Gasteiger partial charge in [-0.05, 0) is 12.3 Å². The number of methoxy groups -OCH3 is 1. The van der Waals surface area contributed by atoms with Crippen molar-refractivity contribution >= 4 is 0 Å². The van der Waals surface area contributed by atoms with Gasteiger partial charge in [-0.2, -0.15) is 0 Å². The second-order valence-electron chi connectivity index (χ2n) is 3.89. The van der Waals surface area contributed by atoms with E-state index in [1.165, 1.54) is 6.42 Å². The normalized spacial score (nSPS) is 13.6. The van der Waals surface area contributed by atoms with Crippen LogP contribution in [0.1, 0.15) is 33.6 Å². The number of hydrogen-bond donors (Lipinski definition) is 0. The molecular weight excluding hydrogens is 164 g/mol. The Morgan fingerprint density at radius 1 is 1.15 bits per heavy atom. The fraction of sp³-hybridized carbons (Fsp3) is 1.00. The molecular formula is C11H24O2. The monoisotopic (exact) mass is 188 g/mol. The van der Waals surface area contributed by atoms with Gasteiger partial charge < -0.3 is 9.47 Å². The van der Waals surface area contributed by atoms with Gasteiger partial charge in [0.05, 0.1) is 13.2 Å². The zero-order valence-electron chi connectivity index (χ0n) is 9.51. The Balaban J connectivity index is 3.45. The molecule has 2 heteroatoms. The summed E-state index contributed by atoms with van der Waals surface area (Å²) in [5.74, 6) is 1.18. The lowest BCUT2D eigenvalue weighted by atomic mass is 9.98. The van der Waals surface area contributed by atoms with Crippen molar-refractivity contribution in [3.8, 4) is 0 Å². The van der Waals surface area contributed by atoms with E-state index >= 15 is 0 Å². The van der Waals surface area contributed by atoms with Crippen molar-refractivity contribution in [2.45, 2.75) is 33.6 Å². The molecule has 0 aromatic heterocycles. The van der Waals surface area contributed by atoms with Gasteiger partial charge in [-0.25, -0.2) is 0 Å². The summed E-state index contributed by atoms with van der Waals surface area (Å²) in [5, 5.41) is 0. The van der Waals surface area contributed by atoms with Crippen LogP contribution in [-0.4, -0.2) is 26.9 Å². The third-order valence-corrected chi connectivity index (χ3v) is 2.30.